The molecule has 1 spiro atoms. The van der Waals surface area contributed by atoms with E-state index in [4.69, 9.17) is 11.6 Å². The maximum atomic E-state index is 12.1. The van der Waals surface area contributed by atoms with Crippen molar-refractivity contribution >= 4 is 23.4 Å². The lowest BCUT2D eigenvalue weighted by molar-refractivity contribution is 0.246. The van der Waals surface area contributed by atoms with Crippen LogP contribution in [0.5, 0.6) is 0 Å². The molecule has 1 unspecified atom stereocenters. The average molecular weight is 297 g/mol. The van der Waals surface area contributed by atoms with Gasteiger partial charge in [0.15, 0.2) is 5.82 Å². The molecular weight excluding hydrogens is 276 g/mol. The van der Waals surface area contributed by atoms with Gasteiger partial charge in [0, 0.05) is 13.1 Å². The van der Waals surface area contributed by atoms with Crippen LogP contribution < -0.4 is 10.6 Å². The average Bonchev–Trinajstić information content (AvgIpc) is 2.99. The highest BCUT2D eigenvalue weighted by Crippen LogP contribution is 2.56. The lowest BCUT2D eigenvalue weighted by Gasteiger charge is -2.22. The summed E-state index contributed by atoms with van der Waals surface area (Å²) in [5.74, 6) is 0.556. The normalized spacial score (nSPS) is 23.6. The molecule has 2 aliphatic carbocycles. The van der Waals surface area contributed by atoms with E-state index in [0.29, 0.717) is 22.3 Å². The fourth-order valence-corrected chi connectivity index (χ4v) is 3.64. The highest BCUT2D eigenvalue weighted by atomic mass is 35.5. The summed E-state index contributed by atoms with van der Waals surface area (Å²) in [6.07, 6.45) is 7.56. The van der Waals surface area contributed by atoms with Crippen LogP contribution in [0.25, 0.3) is 0 Å². The first kappa shape index (κ1) is 13.7. The van der Waals surface area contributed by atoms with Crippen LogP contribution in [-0.4, -0.2) is 21.9 Å². The van der Waals surface area contributed by atoms with E-state index in [-0.39, 0.29) is 6.03 Å². The minimum atomic E-state index is -0.178. The third kappa shape index (κ3) is 2.39. The number of halogens is 1. The fraction of sp³-hybridized carbons (Fsp3) is 0.714. The number of anilines is 1. The molecule has 1 aromatic rings. The molecule has 2 amide bonds. The van der Waals surface area contributed by atoms with E-state index in [2.05, 4.69) is 15.7 Å². The minimum absolute atomic E-state index is 0.178. The van der Waals surface area contributed by atoms with Gasteiger partial charge in [0.25, 0.3) is 0 Å². The van der Waals surface area contributed by atoms with Gasteiger partial charge >= 0.3 is 6.03 Å². The molecule has 1 atom stereocenters. The van der Waals surface area contributed by atoms with Gasteiger partial charge in [-0.25, -0.2) is 4.79 Å². The van der Waals surface area contributed by atoms with Crippen molar-refractivity contribution in [1.82, 2.24) is 15.1 Å². The van der Waals surface area contributed by atoms with Gasteiger partial charge in [-0.1, -0.05) is 30.9 Å². The second kappa shape index (κ2) is 4.95. The van der Waals surface area contributed by atoms with E-state index in [1.807, 2.05) is 6.92 Å². The van der Waals surface area contributed by atoms with Crippen molar-refractivity contribution in [2.45, 2.75) is 51.5 Å². The molecule has 2 saturated carbocycles. The molecule has 0 radical (unpaired) electrons. The zero-order valence-corrected chi connectivity index (χ0v) is 12.8. The van der Waals surface area contributed by atoms with Crippen LogP contribution in [0.4, 0.5) is 10.6 Å². The summed E-state index contributed by atoms with van der Waals surface area (Å²) in [6.45, 7) is 1.82. The molecular formula is C14H21ClN4O. The molecule has 20 heavy (non-hydrogen) atoms. The van der Waals surface area contributed by atoms with Crippen LogP contribution in [-0.2, 0) is 7.05 Å². The van der Waals surface area contributed by atoms with Crippen LogP contribution in [0.1, 0.15) is 44.2 Å². The van der Waals surface area contributed by atoms with Crippen molar-refractivity contribution in [3.63, 3.8) is 0 Å². The number of urea groups is 1. The molecule has 6 heteroatoms. The van der Waals surface area contributed by atoms with Gasteiger partial charge in [0.1, 0.15) is 5.02 Å². The van der Waals surface area contributed by atoms with Crippen LogP contribution in [0.2, 0.25) is 5.02 Å². The van der Waals surface area contributed by atoms with Gasteiger partial charge in [0.05, 0.1) is 5.69 Å². The van der Waals surface area contributed by atoms with E-state index in [9.17, 15) is 4.79 Å². The zero-order valence-electron chi connectivity index (χ0n) is 12.0. The molecule has 2 fully saturated rings. The number of nitrogens with one attached hydrogen (secondary N) is 2. The first-order valence-electron chi connectivity index (χ1n) is 7.28. The molecule has 110 valence electrons. The van der Waals surface area contributed by atoms with Gasteiger partial charge in [-0.05, 0) is 31.6 Å². The standard InChI is InChI=1S/C14H21ClN4O/c1-9-11(15)12(19(2)18-9)17-13(20)16-10-8-14(10)6-4-3-5-7-14/h10H,3-8H2,1-2H3,(H2,16,17,20). The Hall–Kier alpha value is -1.23. The first-order chi connectivity index (χ1) is 9.52. The molecule has 2 aliphatic rings. The fourth-order valence-electron chi connectivity index (χ4n) is 3.43. The minimum Gasteiger partial charge on any atom is -0.335 e. The van der Waals surface area contributed by atoms with E-state index < -0.39 is 0 Å². The maximum Gasteiger partial charge on any atom is 0.320 e. The molecule has 0 aliphatic heterocycles. The number of hydrogen-bond donors (Lipinski definition) is 2. The Kier molecular flexibility index (Phi) is 3.40. The zero-order chi connectivity index (χ0) is 14.3. The number of amides is 2. The number of aryl methyl sites for hydroxylation is 2. The second-order valence-corrected chi connectivity index (χ2v) is 6.53. The van der Waals surface area contributed by atoms with Gasteiger partial charge in [-0.3, -0.25) is 10.00 Å². The van der Waals surface area contributed by atoms with Gasteiger partial charge < -0.3 is 5.32 Å². The van der Waals surface area contributed by atoms with Gasteiger partial charge in [-0.2, -0.15) is 5.10 Å². The lowest BCUT2D eigenvalue weighted by atomic mass is 9.86. The Morgan fingerprint density at radius 3 is 2.70 bits per heavy atom. The summed E-state index contributed by atoms with van der Waals surface area (Å²) in [5, 5.41) is 10.6. The predicted octanol–water partition coefficient (Wildman–Crippen LogP) is 3.23. The number of carbonyl (C=O) groups excluding carboxylic acids is 1. The highest BCUT2D eigenvalue weighted by Gasteiger charge is 2.54. The summed E-state index contributed by atoms with van der Waals surface area (Å²) >= 11 is 6.13. The Morgan fingerprint density at radius 1 is 1.40 bits per heavy atom. The maximum absolute atomic E-state index is 12.1. The summed E-state index contributed by atoms with van der Waals surface area (Å²) in [5.41, 5.74) is 1.11. The Bertz CT molecular complexity index is 534. The molecule has 1 aromatic heterocycles. The molecule has 0 bridgehead atoms. The van der Waals surface area contributed by atoms with Crippen molar-refractivity contribution < 1.29 is 4.79 Å². The summed E-state index contributed by atoms with van der Waals surface area (Å²) < 4.78 is 1.60. The van der Waals surface area contributed by atoms with Crippen LogP contribution >= 0.6 is 11.6 Å². The van der Waals surface area contributed by atoms with Gasteiger partial charge in [-0.15, -0.1) is 0 Å². The number of aromatic nitrogens is 2. The monoisotopic (exact) mass is 296 g/mol. The van der Waals surface area contributed by atoms with Crippen molar-refractivity contribution in [2.24, 2.45) is 12.5 Å². The molecule has 2 N–H and O–H groups in total. The summed E-state index contributed by atoms with van der Waals surface area (Å²) in [4.78, 5) is 12.1. The summed E-state index contributed by atoms with van der Waals surface area (Å²) in [7, 11) is 1.77. The second-order valence-electron chi connectivity index (χ2n) is 6.15. The van der Waals surface area contributed by atoms with Crippen LogP contribution in [0.15, 0.2) is 0 Å². The number of rotatable bonds is 2. The number of carbonyl (C=O) groups is 1. The topological polar surface area (TPSA) is 59.0 Å². The lowest BCUT2D eigenvalue weighted by Crippen LogP contribution is -2.34. The largest absolute Gasteiger partial charge is 0.335 e. The van der Waals surface area contributed by atoms with Gasteiger partial charge in [0.2, 0.25) is 0 Å². The Labute approximate surface area is 124 Å². The van der Waals surface area contributed by atoms with E-state index in [1.54, 1.807) is 11.7 Å². The van der Waals surface area contributed by atoms with E-state index in [1.165, 1.54) is 32.1 Å². The van der Waals surface area contributed by atoms with Crippen molar-refractivity contribution in [2.75, 3.05) is 5.32 Å². The van der Waals surface area contributed by atoms with Crippen molar-refractivity contribution in [3.8, 4) is 0 Å². The Balaban J connectivity index is 1.58. The Morgan fingerprint density at radius 2 is 2.10 bits per heavy atom. The molecule has 3 rings (SSSR count). The smallest absolute Gasteiger partial charge is 0.320 e. The van der Waals surface area contributed by atoms with Crippen molar-refractivity contribution in [3.05, 3.63) is 10.7 Å². The molecule has 1 heterocycles. The van der Waals surface area contributed by atoms with E-state index in [0.717, 1.165) is 12.1 Å². The van der Waals surface area contributed by atoms with Crippen LogP contribution in [0, 0.1) is 12.3 Å². The third-order valence-electron chi connectivity index (χ3n) is 4.73. The number of nitrogens with zero attached hydrogens (tertiary/aromatic N) is 2. The first-order valence-corrected chi connectivity index (χ1v) is 7.66. The molecule has 5 nitrogen and oxygen atoms in total. The van der Waals surface area contributed by atoms with Crippen LogP contribution in [0.3, 0.4) is 0 Å². The van der Waals surface area contributed by atoms with E-state index >= 15 is 0 Å². The molecule has 0 aromatic carbocycles. The summed E-state index contributed by atoms with van der Waals surface area (Å²) in [6, 6.07) is 0.151. The molecule has 0 saturated heterocycles. The highest BCUT2D eigenvalue weighted by molar-refractivity contribution is 6.34. The van der Waals surface area contributed by atoms with Crippen molar-refractivity contribution in [1.29, 1.82) is 0 Å². The number of hydrogen-bond acceptors (Lipinski definition) is 2. The SMILES string of the molecule is Cc1nn(C)c(NC(=O)NC2CC23CCCCC3)c1Cl. The predicted molar refractivity (Wildman–Crippen MR) is 79.0 cm³/mol. The quantitative estimate of drug-likeness (QED) is 0.880. The third-order valence-corrected chi connectivity index (χ3v) is 5.18.